The van der Waals surface area contributed by atoms with Crippen molar-refractivity contribution < 1.29 is 14.6 Å². The summed E-state index contributed by atoms with van der Waals surface area (Å²) in [5, 5.41) is 9.04. The molecule has 5 heteroatoms. The first-order valence-electron chi connectivity index (χ1n) is 5.57. The minimum absolute atomic E-state index is 0.497. The molecule has 0 aromatic heterocycles. The van der Waals surface area contributed by atoms with Crippen LogP contribution >= 0.6 is 11.6 Å². The van der Waals surface area contributed by atoms with Gasteiger partial charge in [-0.1, -0.05) is 17.7 Å². The van der Waals surface area contributed by atoms with E-state index in [1.807, 2.05) is 24.9 Å². The predicted molar refractivity (Wildman–Crippen MR) is 72.7 cm³/mol. The first-order chi connectivity index (χ1) is 8.54. The van der Waals surface area contributed by atoms with Crippen LogP contribution in [0.15, 0.2) is 30.4 Å². The van der Waals surface area contributed by atoms with Crippen molar-refractivity contribution >= 4 is 23.3 Å². The highest BCUT2D eigenvalue weighted by Crippen LogP contribution is 2.28. The van der Waals surface area contributed by atoms with Crippen molar-refractivity contribution in [3.8, 4) is 5.75 Å². The van der Waals surface area contributed by atoms with E-state index in [0.717, 1.165) is 11.8 Å². The minimum atomic E-state index is -0.951. The average Bonchev–Trinajstić information content (AvgIpc) is 2.31. The molecule has 0 bridgehead atoms. The molecule has 0 aliphatic carbocycles. The fourth-order valence-corrected chi connectivity index (χ4v) is 1.65. The topological polar surface area (TPSA) is 49.8 Å². The van der Waals surface area contributed by atoms with Crippen LogP contribution in [0.25, 0.3) is 0 Å². The Morgan fingerprint density at radius 2 is 2.28 bits per heavy atom. The van der Waals surface area contributed by atoms with Crippen molar-refractivity contribution in [3.63, 3.8) is 0 Å². The van der Waals surface area contributed by atoms with Crippen LogP contribution in [0.5, 0.6) is 5.75 Å². The van der Waals surface area contributed by atoms with Crippen LogP contribution in [0.1, 0.15) is 6.92 Å². The summed E-state index contributed by atoms with van der Waals surface area (Å²) < 4.78 is 5.34. The Bertz CT molecular complexity index is 446. The molecule has 1 rings (SSSR count). The molecule has 1 N–H and O–H groups in total. The summed E-state index contributed by atoms with van der Waals surface area (Å²) in [6.45, 7) is 2.96. The first kappa shape index (κ1) is 14.4. The third-order valence-corrected chi connectivity index (χ3v) is 2.59. The van der Waals surface area contributed by atoms with Gasteiger partial charge in [-0.15, -0.1) is 0 Å². The van der Waals surface area contributed by atoms with E-state index in [9.17, 15) is 4.79 Å². The van der Waals surface area contributed by atoms with Gasteiger partial charge in [0.15, 0.2) is 0 Å². The van der Waals surface area contributed by atoms with Gasteiger partial charge in [0.25, 0.3) is 0 Å². The fraction of sp³-hybridized carbons (Fsp3) is 0.308. The lowest BCUT2D eigenvalue weighted by Gasteiger charge is -2.18. The lowest BCUT2D eigenvalue weighted by Crippen LogP contribution is -2.16. The number of carboxylic acid groups (broad SMARTS) is 1. The number of likely N-dealkylation sites (N-methyl/N-ethyl adjacent to an activating group) is 1. The van der Waals surface area contributed by atoms with Crippen LogP contribution in [0, 0.1) is 0 Å². The number of benzene rings is 1. The van der Waals surface area contributed by atoms with Crippen LogP contribution in [-0.4, -0.2) is 31.3 Å². The fourth-order valence-electron chi connectivity index (χ4n) is 1.42. The Labute approximate surface area is 111 Å². The third-order valence-electron chi connectivity index (χ3n) is 2.30. The first-order valence-corrected chi connectivity index (χ1v) is 5.95. The van der Waals surface area contributed by atoms with Crippen molar-refractivity contribution in [2.75, 3.05) is 25.1 Å². The van der Waals surface area contributed by atoms with Crippen molar-refractivity contribution in [2.24, 2.45) is 0 Å². The van der Waals surface area contributed by atoms with Gasteiger partial charge in [-0.05, 0) is 25.1 Å². The number of halogens is 1. The Morgan fingerprint density at radius 1 is 1.56 bits per heavy atom. The smallest absolute Gasteiger partial charge is 0.328 e. The second-order valence-corrected chi connectivity index (χ2v) is 4.08. The van der Waals surface area contributed by atoms with Gasteiger partial charge < -0.3 is 14.7 Å². The van der Waals surface area contributed by atoms with Crippen molar-refractivity contribution in [2.45, 2.75) is 6.92 Å². The number of hydrogen-bond donors (Lipinski definition) is 1. The number of nitrogens with zero attached hydrogens (tertiary/aromatic N) is 1. The normalized spacial score (nSPS) is 10.6. The largest absolute Gasteiger partial charge is 0.492 e. The molecule has 4 nitrogen and oxygen atoms in total. The van der Waals surface area contributed by atoms with Crippen molar-refractivity contribution in [1.82, 2.24) is 0 Å². The minimum Gasteiger partial charge on any atom is -0.492 e. The maximum absolute atomic E-state index is 10.3. The molecule has 0 saturated heterocycles. The number of carboxylic acids is 1. The second kappa shape index (κ2) is 6.91. The van der Waals surface area contributed by atoms with Crippen LogP contribution in [0.3, 0.4) is 0 Å². The van der Waals surface area contributed by atoms with Crippen molar-refractivity contribution in [3.05, 3.63) is 35.4 Å². The molecule has 0 fully saturated rings. The molecule has 0 amide bonds. The van der Waals surface area contributed by atoms with E-state index in [-0.39, 0.29) is 0 Å². The quantitative estimate of drug-likeness (QED) is 0.807. The average molecular weight is 270 g/mol. The Balaban J connectivity index is 2.71. The van der Waals surface area contributed by atoms with E-state index in [2.05, 4.69) is 0 Å². The lowest BCUT2D eigenvalue weighted by atomic mass is 10.2. The molecule has 0 aliphatic heterocycles. The molecular weight excluding hydrogens is 254 g/mol. The standard InChI is InChI=1S/C13H16ClNO3/c1-3-18-12-7-6-10(9-11(12)14)15(2)8-4-5-13(16)17/h4-7,9H,3,8H2,1-2H3,(H,16,17)/b5-4+. The second-order valence-electron chi connectivity index (χ2n) is 3.67. The van der Waals surface area contributed by atoms with Gasteiger partial charge in [0, 0.05) is 25.4 Å². The van der Waals surface area contributed by atoms with Gasteiger partial charge >= 0.3 is 5.97 Å². The molecule has 0 radical (unpaired) electrons. The van der Waals surface area contributed by atoms with Gasteiger partial charge in [0.1, 0.15) is 5.75 Å². The third kappa shape index (κ3) is 4.30. The summed E-state index contributed by atoms with van der Waals surface area (Å²) >= 11 is 6.07. The molecule has 0 spiro atoms. The Kier molecular flexibility index (Phi) is 5.52. The molecule has 1 aromatic carbocycles. The van der Waals surface area contributed by atoms with Gasteiger partial charge in [-0.25, -0.2) is 4.79 Å². The van der Waals surface area contributed by atoms with Crippen LogP contribution in [0.2, 0.25) is 5.02 Å². The number of hydrogen-bond acceptors (Lipinski definition) is 3. The van der Waals surface area contributed by atoms with E-state index in [4.69, 9.17) is 21.4 Å². The van der Waals surface area contributed by atoms with Crippen LogP contribution in [0.4, 0.5) is 5.69 Å². The van der Waals surface area contributed by atoms with Gasteiger partial charge in [-0.3, -0.25) is 0 Å². The number of ether oxygens (including phenoxy) is 1. The summed E-state index contributed by atoms with van der Waals surface area (Å²) in [5.41, 5.74) is 0.901. The van der Waals surface area contributed by atoms with Crippen LogP contribution in [-0.2, 0) is 4.79 Å². The molecule has 0 aliphatic rings. The zero-order valence-corrected chi connectivity index (χ0v) is 11.1. The monoisotopic (exact) mass is 269 g/mol. The molecule has 1 aromatic rings. The molecule has 18 heavy (non-hydrogen) atoms. The van der Waals surface area contributed by atoms with E-state index >= 15 is 0 Å². The molecule has 0 unspecified atom stereocenters. The number of aliphatic carboxylic acids is 1. The maximum Gasteiger partial charge on any atom is 0.328 e. The summed E-state index contributed by atoms with van der Waals surface area (Å²) in [6.07, 6.45) is 2.69. The number of rotatable bonds is 6. The van der Waals surface area contributed by atoms with Gasteiger partial charge in [0.05, 0.1) is 11.6 Å². The Hall–Kier alpha value is -1.68. The SMILES string of the molecule is CCOc1ccc(N(C)C/C=C/C(=O)O)cc1Cl. The molecule has 0 heterocycles. The van der Waals surface area contributed by atoms with Crippen LogP contribution < -0.4 is 9.64 Å². The number of carbonyl (C=O) groups is 1. The molecular formula is C13H16ClNO3. The van der Waals surface area contributed by atoms with E-state index < -0.39 is 5.97 Å². The molecule has 0 saturated carbocycles. The summed E-state index contributed by atoms with van der Waals surface area (Å²) in [6, 6.07) is 5.48. The molecule has 98 valence electrons. The highest BCUT2D eigenvalue weighted by atomic mass is 35.5. The van der Waals surface area contributed by atoms with Gasteiger partial charge in [-0.2, -0.15) is 0 Å². The zero-order valence-electron chi connectivity index (χ0n) is 10.4. The summed E-state index contributed by atoms with van der Waals surface area (Å²) in [4.78, 5) is 12.2. The number of anilines is 1. The lowest BCUT2D eigenvalue weighted by molar-refractivity contribution is -0.131. The van der Waals surface area contributed by atoms with Gasteiger partial charge in [0.2, 0.25) is 0 Å². The van der Waals surface area contributed by atoms with E-state index in [0.29, 0.717) is 23.9 Å². The zero-order chi connectivity index (χ0) is 13.5. The summed E-state index contributed by atoms with van der Waals surface area (Å²) in [5.74, 6) is -0.300. The predicted octanol–water partition coefficient (Wildman–Crippen LogP) is 2.82. The Morgan fingerprint density at radius 3 is 2.83 bits per heavy atom. The summed E-state index contributed by atoms with van der Waals surface area (Å²) in [7, 11) is 1.86. The molecule has 0 atom stereocenters. The van der Waals surface area contributed by atoms with Crippen molar-refractivity contribution in [1.29, 1.82) is 0 Å². The maximum atomic E-state index is 10.3. The highest BCUT2D eigenvalue weighted by Gasteiger charge is 2.05. The van der Waals surface area contributed by atoms with E-state index in [1.54, 1.807) is 18.2 Å². The van der Waals surface area contributed by atoms with E-state index in [1.165, 1.54) is 0 Å². The highest BCUT2D eigenvalue weighted by molar-refractivity contribution is 6.32.